The summed E-state index contributed by atoms with van der Waals surface area (Å²) < 4.78 is 101. The minimum Gasteiger partial charge on any atom is -0.465 e. The van der Waals surface area contributed by atoms with Gasteiger partial charge >= 0.3 is 11.9 Å². The van der Waals surface area contributed by atoms with Gasteiger partial charge in [-0.15, -0.1) is 0 Å². The van der Waals surface area contributed by atoms with E-state index in [0.717, 1.165) is 44.4 Å². The number of hydrogen-bond acceptors (Lipinski definition) is 10. The van der Waals surface area contributed by atoms with E-state index in [9.17, 15) is 35.2 Å². The fraction of sp³-hybridized carbons (Fsp3) is 0.600. The van der Waals surface area contributed by atoms with Crippen LogP contribution in [0.3, 0.4) is 0 Å². The second kappa shape index (κ2) is 14.6. The van der Waals surface area contributed by atoms with Crippen molar-refractivity contribution in [2.24, 2.45) is 17.8 Å². The van der Waals surface area contributed by atoms with Crippen LogP contribution in [0.5, 0.6) is 0 Å². The lowest BCUT2D eigenvalue weighted by Gasteiger charge is -2.43. The number of nitrogens with zero attached hydrogens (tertiary/aromatic N) is 1. The largest absolute Gasteiger partial charge is 0.465 e. The van der Waals surface area contributed by atoms with Crippen molar-refractivity contribution < 1.29 is 53.8 Å². The first-order chi connectivity index (χ1) is 21.5. The summed E-state index contributed by atoms with van der Waals surface area (Å²) in [5.41, 5.74) is 0. The molecule has 3 fully saturated rings. The van der Waals surface area contributed by atoms with E-state index in [1.54, 1.807) is 18.7 Å². The smallest absolute Gasteiger partial charge is 0.323 e. The van der Waals surface area contributed by atoms with Crippen molar-refractivity contribution in [3.8, 4) is 0 Å². The predicted molar refractivity (Wildman–Crippen MR) is 162 cm³/mol. The second-order valence-corrected chi connectivity index (χ2v) is 14.7. The molecule has 0 amide bonds. The molecule has 2 saturated heterocycles. The van der Waals surface area contributed by atoms with E-state index < -0.39 is 54.4 Å². The molecule has 2 heterocycles. The second-order valence-electron chi connectivity index (χ2n) is 12.0. The molecule has 5 atom stereocenters. The van der Waals surface area contributed by atoms with Crippen LogP contribution in [0.4, 0.5) is 8.78 Å². The molecule has 0 bridgehead atoms. The Bertz CT molecular complexity index is 1570. The normalized spacial score (nSPS) is 26.4. The van der Waals surface area contributed by atoms with E-state index in [1.165, 1.54) is 24.3 Å². The molecule has 16 heteroatoms. The zero-order chi connectivity index (χ0) is 33.9. The van der Waals surface area contributed by atoms with E-state index in [1.807, 2.05) is 0 Å². The Balaban J connectivity index is 0.000000230. The van der Waals surface area contributed by atoms with Crippen molar-refractivity contribution >= 4 is 42.9 Å². The standard InChI is InChI=1S/C20H32F2N2O4.C10H8O6S2/c1-3-27-18(25)16-8-15-7-13(5-6-14(15)10-23-16)11-24-12-20(21,22)9-17(24)19(26)28-4-2;11-17(12,13)9-5-1-3-7-8(9)4-2-6-10(7)18(14,15)16/h13-17,23H,3-12H2,1-2H3;1-6H,(H,11,12,13)(H,14,15,16)/t13?,14?,15?,16?,17-;/m0./s1. The Hall–Kier alpha value is -2.76. The van der Waals surface area contributed by atoms with Crippen molar-refractivity contribution in [3.05, 3.63) is 36.4 Å². The number of rotatable bonds is 8. The number of alkyl halides is 2. The van der Waals surface area contributed by atoms with Gasteiger partial charge in [0.05, 0.1) is 19.8 Å². The van der Waals surface area contributed by atoms with Gasteiger partial charge in [0, 0.05) is 23.7 Å². The number of piperidine rings is 1. The summed E-state index contributed by atoms with van der Waals surface area (Å²) in [5.74, 6) is -2.44. The fourth-order valence-electron chi connectivity index (χ4n) is 6.83. The third kappa shape index (κ3) is 8.77. The maximum absolute atomic E-state index is 14.0. The van der Waals surface area contributed by atoms with Crippen LogP contribution >= 0.6 is 0 Å². The number of ether oxygens (including phenoxy) is 2. The molecule has 46 heavy (non-hydrogen) atoms. The molecule has 1 saturated carbocycles. The topological polar surface area (TPSA) is 177 Å². The Kier molecular flexibility index (Phi) is 11.4. The molecule has 1 aliphatic carbocycles. The molecule has 0 aromatic heterocycles. The first kappa shape index (κ1) is 36.1. The Morgan fingerprint density at radius 2 is 1.46 bits per heavy atom. The Morgan fingerprint density at radius 3 is 2.00 bits per heavy atom. The maximum Gasteiger partial charge on any atom is 0.323 e. The molecule has 256 valence electrons. The molecule has 5 rings (SSSR count). The lowest BCUT2D eigenvalue weighted by Crippen LogP contribution is -2.51. The van der Waals surface area contributed by atoms with E-state index in [2.05, 4.69) is 5.32 Å². The van der Waals surface area contributed by atoms with Crippen LogP contribution in [0.15, 0.2) is 46.2 Å². The minimum absolute atomic E-state index is 0.0233. The minimum atomic E-state index is -4.47. The van der Waals surface area contributed by atoms with Crippen LogP contribution in [0.2, 0.25) is 0 Å². The first-order valence-electron chi connectivity index (χ1n) is 15.2. The van der Waals surface area contributed by atoms with Gasteiger partial charge in [0.15, 0.2) is 0 Å². The molecule has 0 radical (unpaired) electrons. The average molecular weight is 691 g/mol. The van der Waals surface area contributed by atoms with E-state index >= 15 is 0 Å². The Labute approximate surface area is 267 Å². The summed E-state index contributed by atoms with van der Waals surface area (Å²) in [7, 11) is -8.94. The van der Waals surface area contributed by atoms with Crippen molar-refractivity contribution in [2.45, 2.75) is 73.7 Å². The quantitative estimate of drug-likeness (QED) is 0.272. The van der Waals surface area contributed by atoms with Gasteiger partial charge in [0.25, 0.3) is 26.2 Å². The summed E-state index contributed by atoms with van der Waals surface area (Å²) in [4.78, 5) is 25.0. The lowest BCUT2D eigenvalue weighted by molar-refractivity contribution is -0.149. The molecule has 4 unspecified atom stereocenters. The molecular weight excluding hydrogens is 650 g/mol. The highest BCUT2D eigenvalue weighted by Gasteiger charge is 2.49. The van der Waals surface area contributed by atoms with E-state index in [0.29, 0.717) is 25.0 Å². The number of nitrogens with one attached hydrogen (secondary N) is 1. The van der Waals surface area contributed by atoms with Gasteiger partial charge in [-0.2, -0.15) is 16.8 Å². The van der Waals surface area contributed by atoms with Crippen molar-refractivity contribution in [2.75, 3.05) is 32.8 Å². The summed E-state index contributed by atoms with van der Waals surface area (Å²) in [6, 6.07) is 6.40. The highest BCUT2D eigenvalue weighted by atomic mass is 32.2. The van der Waals surface area contributed by atoms with Gasteiger partial charge in [0.1, 0.15) is 21.9 Å². The van der Waals surface area contributed by atoms with Gasteiger partial charge in [-0.25, -0.2) is 8.78 Å². The van der Waals surface area contributed by atoms with E-state index in [-0.39, 0.29) is 41.9 Å². The van der Waals surface area contributed by atoms with Gasteiger partial charge < -0.3 is 14.8 Å². The summed E-state index contributed by atoms with van der Waals surface area (Å²) in [5, 5.41) is 3.34. The zero-order valence-electron chi connectivity index (χ0n) is 25.6. The number of esters is 2. The molecule has 2 aromatic rings. The monoisotopic (exact) mass is 690 g/mol. The number of benzene rings is 2. The number of fused-ring (bicyclic) bond motifs is 2. The van der Waals surface area contributed by atoms with Gasteiger partial charge in [-0.3, -0.25) is 23.6 Å². The van der Waals surface area contributed by atoms with Gasteiger partial charge in [-0.05, 0) is 76.0 Å². The third-order valence-electron chi connectivity index (χ3n) is 8.80. The Morgan fingerprint density at radius 1 is 0.891 bits per heavy atom. The van der Waals surface area contributed by atoms with Crippen molar-refractivity contribution in [3.63, 3.8) is 0 Å². The highest BCUT2D eigenvalue weighted by Crippen LogP contribution is 2.41. The zero-order valence-corrected chi connectivity index (χ0v) is 27.2. The number of carbonyl (C=O) groups excluding carboxylic acids is 2. The maximum atomic E-state index is 14.0. The SMILES string of the molecule is CCOC(=O)C1CC2CC(CN3CC(F)(F)C[C@H]3C(=O)OCC)CCC2CN1.O=S(=O)(O)c1cccc2c(S(=O)(=O)O)cccc12. The average Bonchev–Trinajstić information content (AvgIpc) is 3.29. The highest BCUT2D eigenvalue weighted by molar-refractivity contribution is 7.86. The number of halogens is 2. The lowest BCUT2D eigenvalue weighted by atomic mass is 9.69. The van der Waals surface area contributed by atoms with Crippen molar-refractivity contribution in [1.82, 2.24) is 10.2 Å². The molecular formula is C30H40F2N2O10S2. The third-order valence-corrected chi connectivity index (χ3v) is 10.6. The van der Waals surface area contributed by atoms with Gasteiger partial charge in [-0.1, -0.05) is 24.3 Å². The number of hydrogen-bond donors (Lipinski definition) is 3. The number of likely N-dealkylation sites (tertiary alicyclic amines) is 1. The van der Waals surface area contributed by atoms with E-state index in [4.69, 9.17) is 18.6 Å². The number of carbonyl (C=O) groups is 2. The van der Waals surface area contributed by atoms with Crippen molar-refractivity contribution in [1.29, 1.82) is 0 Å². The van der Waals surface area contributed by atoms with Crippen LogP contribution in [0.1, 0.15) is 46.0 Å². The molecule has 2 aliphatic heterocycles. The molecule has 2 aromatic carbocycles. The summed E-state index contributed by atoms with van der Waals surface area (Å²) in [6.45, 7) is 4.96. The molecule has 3 N–H and O–H groups in total. The molecule has 12 nitrogen and oxygen atoms in total. The van der Waals surface area contributed by atoms with Crippen LogP contribution in [-0.4, -0.2) is 93.6 Å². The van der Waals surface area contributed by atoms with Crippen LogP contribution in [-0.2, 0) is 39.3 Å². The molecule has 3 aliphatic rings. The first-order valence-corrected chi connectivity index (χ1v) is 18.1. The predicted octanol–water partition coefficient (Wildman–Crippen LogP) is 3.55. The van der Waals surface area contributed by atoms with Crippen LogP contribution in [0.25, 0.3) is 10.8 Å². The van der Waals surface area contributed by atoms with Crippen LogP contribution in [0, 0.1) is 17.8 Å². The van der Waals surface area contributed by atoms with Crippen LogP contribution < -0.4 is 5.32 Å². The summed E-state index contributed by atoms with van der Waals surface area (Å²) in [6.07, 6.45) is 3.16. The molecule has 0 spiro atoms. The van der Waals surface area contributed by atoms with Gasteiger partial charge in [0.2, 0.25) is 0 Å². The fourth-order valence-corrected chi connectivity index (χ4v) is 8.24. The summed E-state index contributed by atoms with van der Waals surface area (Å²) >= 11 is 0.